The van der Waals surface area contributed by atoms with Crippen LogP contribution in [0.5, 0.6) is 0 Å². The molecule has 2 heteroatoms. The molecule has 0 fully saturated rings. The number of hydrogen-bond acceptors (Lipinski definition) is 1. The molecule has 0 aliphatic heterocycles. The molecule has 1 heterocycles. The van der Waals surface area contributed by atoms with Crippen LogP contribution < -0.4 is 0 Å². The van der Waals surface area contributed by atoms with Gasteiger partial charge < -0.3 is 10.1 Å². The normalized spacial score (nSPS) is 12.8. The zero-order valence-corrected chi connectivity index (χ0v) is 11.1. The van der Waals surface area contributed by atoms with Gasteiger partial charge in [-0.1, -0.05) is 29.8 Å². The maximum Gasteiger partial charge on any atom is 0.104 e. The number of rotatable bonds is 2. The first-order valence-corrected chi connectivity index (χ1v) is 6.47. The van der Waals surface area contributed by atoms with Gasteiger partial charge in [-0.25, -0.2) is 0 Å². The minimum absolute atomic E-state index is 0.570. The molecule has 2 N–H and O–H groups in total. The molecule has 2 aromatic carbocycles. The number of fused-ring (bicyclic) bond motifs is 1. The highest BCUT2D eigenvalue weighted by molar-refractivity contribution is 5.80. The molecular formula is C17H17NO. The average molecular weight is 251 g/mol. The number of benzene rings is 2. The zero-order chi connectivity index (χ0) is 13.4. The number of H-pyrrole nitrogens is 1. The van der Waals surface area contributed by atoms with Gasteiger partial charge in [-0.05, 0) is 54.1 Å². The van der Waals surface area contributed by atoms with Gasteiger partial charge >= 0.3 is 0 Å². The quantitative estimate of drug-likeness (QED) is 0.712. The predicted molar refractivity (Wildman–Crippen MR) is 78.3 cm³/mol. The summed E-state index contributed by atoms with van der Waals surface area (Å²) in [5.41, 5.74) is 5.29. The Morgan fingerprint density at radius 1 is 1.00 bits per heavy atom. The number of aliphatic hydroxyl groups excluding tert-OH is 1. The van der Waals surface area contributed by atoms with Crippen molar-refractivity contribution in [2.24, 2.45) is 0 Å². The lowest BCUT2D eigenvalue weighted by molar-refractivity contribution is 0.219. The fraction of sp³-hybridized carbons (Fsp3) is 0.176. The maximum absolute atomic E-state index is 10.6. The largest absolute Gasteiger partial charge is 0.384 e. The molecule has 0 bridgehead atoms. The second kappa shape index (κ2) is 4.56. The Morgan fingerprint density at radius 2 is 1.84 bits per heavy atom. The van der Waals surface area contributed by atoms with Crippen molar-refractivity contribution < 1.29 is 5.11 Å². The van der Waals surface area contributed by atoms with Crippen molar-refractivity contribution in [1.82, 2.24) is 4.98 Å². The van der Waals surface area contributed by atoms with Gasteiger partial charge in [-0.2, -0.15) is 0 Å². The highest BCUT2D eigenvalue weighted by Gasteiger charge is 2.13. The molecule has 96 valence electrons. The Labute approximate surface area is 112 Å². The van der Waals surface area contributed by atoms with Gasteiger partial charge in [0.2, 0.25) is 0 Å². The Kier molecular flexibility index (Phi) is 2.88. The maximum atomic E-state index is 10.6. The predicted octanol–water partition coefficient (Wildman–Crippen LogP) is 3.87. The fourth-order valence-corrected chi connectivity index (χ4v) is 2.48. The Hall–Kier alpha value is -2.06. The standard InChI is InChI=1S/C17H17NO/c1-11-3-4-12(2)15(9-11)17(19)14-5-6-16-13(10-14)7-8-18-16/h3-10,17-19H,1-2H3. The van der Waals surface area contributed by atoms with Crippen LogP contribution in [0, 0.1) is 13.8 Å². The molecule has 0 amide bonds. The number of aryl methyl sites for hydroxylation is 2. The second-order valence-corrected chi connectivity index (χ2v) is 5.09. The number of aromatic amines is 1. The van der Waals surface area contributed by atoms with Gasteiger partial charge in [0.25, 0.3) is 0 Å². The first-order chi connectivity index (χ1) is 9.15. The molecular weight excluding hydrogens is 234 g/mol. The van der Waals surface area contributed by atoms with Gasteiger partial charge in [0.05, 0.1) is 0 Å². The van der Waals surface area contributed by atoms with E-state index in [2.05, 4.69) is 23.2 Å². The van der Waals surface area contributed by atoms with E-state index in [4.69, 9.17) is 0 Å². The SMILES string of the molecule is Cc1ccc(C)c(C(O)c2ccc3[nH]ccc3c2)c1. The summed E-state index contributed by atoms with van der Waals surface area (Å²) in [6.07, 6.45) is 1.35. The average Bonchev–Trinajstić information content (AvgIpc) is 2.88. The molecule has 2 nitrogen and oxygen atoms in total. The van der Waals surface area contributed by atoms with Crippen LogP contribution in [-0.2, 0) is 0 Å². The summed E-state index contributed by atoms with van der Waals surface area (Å²) in [5.74, 6) is 0. The van der Waals surface area contributed by atoms with Crippen LogP contribution in [0.4, 0.5) is 0 Å². The van der Waals surface area contributed by atoms with Crippen molar-refractivity contribution in [3.8, 4) is 0 Å². The Bertz CT molecular complexity index is 727. The summed E-state index contributed by atoms with van der Waals surface area (Å²) >= 11 is 0. The summed E-state index contributed by atoms with van der Waals surface area (Å²) in [4.78, 5) is 3.16. The summed E-state index contributed by atoms with van der Waals surface area (Å²) in [5, 5.41) is 11.7. The topological polar surface area (TPSA) is 36.0 Å². The monoisotopic (exact) mass is 251 g/mol. The highest BCUT2D eigenvalue weighted by atomic mass is 16.3. The van der Waals surface area contributed by atoms with Gasteiger partial charge in [0.15, 0.2) is 0 Å². The molecule has 0 saturated heterocycles. The first kappa shape index (κ1) is 12.0. The lowest BCUT2D eigenvalue weighted by Crippen LogP contribution is -2.02. The molecule has 1 unspecified atom stereocenters. The van der Waals surface area contributed by atoms with E-state index in [1.165, 1.54) is 5.56 Å². The molecule has 3 rings (SSSR count). The molecule has 0 aliphatic carbocycles. The van der Waals surface area contributed by atoms with Gasteiger partial charge in [-0.3, -0.25) is 0 Å². The van der Waals surface area contributed by atoms with Crippen molar-refractivity contribution >= 4 is 10.9 Å². The van der Waals surface area contributed by atoms with Gasteiger partial charge in [0, 0.05) is 11.7 Å². The van der Waals surface area contributed by atoms with E-state index in [1.807, 2.05) is 44.3 Å². The van der Waals surface area contributed by atoms with E-state index in [0.29, 0.717) is 0 Å². The Balaban J connectivity index is 2.07. The summed E-state index contributed by atoms with van der Waals surface area (Å²) < 4.78 is 0. The van der Waals surface area contributed by atoms with Crippen molar-refractivity contribution in [3.05, 3.63) is 70.9 Å². The number of aliphatic hydroxyl groups is 1. The smallest absolute Gasteiger partial charge is 0.104 e. The van der Waals surface area contributed by atoms with E-state index in [9.17, 15) is 5.11 Å². The molecule has 1 atom stereocenters. The third kappa shape index (κ3) is 2.15. The molecule has 1 aromatic heterocycles. The molecule has 0 radical (unpaired) electrons. The third-order valence-corrected chi connectivity index (χ3v) is 3.62. The third-order valence-electron chi connectivity index (χ3n) is 3.62. The van der Waals surface area contributed by atoms with Crippen molar-refractivity contribution in [2.75, 3.05) is 0 Å². The minimum Gasteiger partial charge on any atom is -0.384 e. The van der Waals surface area contributed by atoms with Crippen LogP contribution in [0.15, 0.2) is 48.7 Å². The molecule has 0 saturated carbocycles. The van der Waals surface area contributed by atoms with Crippen molar-refractivity contribution in [3.63, 3.8) is 0 Å². The van der Waals surface area contributed by atoms with E-state index >= 15 is 0 Å². The zero-order valence-electron chi connectivity index (χ0n) is 11.1. The highest BCUT2D eigenvalue weighted by Crippen LogP contribution is 2.27. The van der Waals surface area contributed by atoms with Crippen molar-refractivity contribution in [1.29, 1.82) is 0 Å². The van der Waals surface area contributed by atoms with Crippen LogP contribution in [-0.4, -0.2) is 10.1 Å². The van der Waals surface area contributed by atoms with Crippen LogP contribution in [0.2, 0.25) is 0 Å². The number of aromatic nitrogens is 1. The Morgan fingerprint density at radius 3 is 2.68 bits per heavy atom. The number of hydrogen-bond donors (Lipinski definition) is 2. The van der Waals surface area contributed by atoms with Crippen LogP contribution in [0.3, 0.4) is 0 Å². The van der Waals surface area contributed by atoms with Gasteiger partial charge in [-0.15, -0.1) is 0 Å². The van der Waals surface area contributed by atoms with Crippen LogP contribution in [0.25, 0.3) is 10.9 Å². The minimum atomic E-state index is -0.570. The van der Waals surface area contributed by atoms with Crippen LogP contribution in [0.1, 0.15) is 28.4 Å². The summed E-state index contributed by atoms with van der Waals surface area (Å²) in [6, 6.07) is 14.2. The second-order valence-electron chi connectivity index (χ2n) is 5.09. The van der Waals surface area contributed by atoms with Crippen molar-refractivity contribution in [2.45, 2.75) is 20.0 Å². The summed E-state index contributed by atoms with van der Waals surface area (Å²) in [6.45, 7) is 4.08. The summed E-state index contributed by atoms with van der Waals surface area (Å²) in [7, 11) is 0. The van der Waals surface area contributed by atoms with E-state index in [0.717, 1.165) is 27.6 Å². The molecule has 0 aliphatic rings. The van der Waals surface area contributed by atoms with E-state index in [-0.39, 0.29) is 0 Å². The van der Waals surface area contributed by atoms with E-state index < -0.39 is 6.10 Å². The number of nitrogens with one attached hydrogen (secondary N) is 1. The lowest BCUT2D eigenvalue weighted by Gasteiger charge is -2.15. The van der Waals surface area contributed by atoms with Gasteiger partial charge in [0.1, 0.15) is 6.10 Å². The van der Waals surface area contributed by atoms with E-state index in [1.54, 1.807) is 0 Å². The first-order valence-electron chi connectivity index (χ1n) is 6.47. The lowest BCUT2D eigenvalue weighted by atomic mass is 9.95. The molecule has 19 heavy (non-hydrogen) atoms. The van der Waals surface area contributed by atoms with Crippen LogP contribution >= 0.6 is 0 Å². The fourth-order valence-electron chi connectivity index (χ4n) is 2.48. The molecule has 0 spiro atoms. The molecule has 3 aromatic rings.